The van der Waals surface area contributed by atoms with E-state index in [-0.39, 0.29) is 5.75 Å². The molecule has 3 N–H and O–H groups in total. The number of hydrogen-bond acceptors (Lipinski definition) is 3. The number of guanidine groups is 1. The molecule has 0 unspecified atom stereocenters. The first kappa shape index (κ1) is 20.4. The Kier molecular flexibility index (Phi) is 9.41. The maximum Gasteiger partial charge on any atom is 0.211 e. The minimum Gasteiger partial charge on any atom is -0.356 e. The molecule has 0 fully saturated rings. The van der Waals surface area contributed by atoms with Crippen molar-refractivity contribution in [3.63, 3.8) is 0 Å². The molecule has 1 rings (SSSR count). The highest BCUT2D eigenvalue weighted by Gasteiger charge is 2.05. The summed E-state index contributed by atoms with van der Waals surface area (Å²) in [6, 6.07) is 8.28. The molecular formula is C17H30N4O2S. The van der Waals surface area contributed by atoms with E-state index in [9.17, 15) is 8.42 Å². The highest BCUT2D eigenvalue weighted by molar-refractivity contribution is 7.89. The average molecular weight is 355 g/mol. The fraction of sp³-hybridized carbons (Fsp3) is 0.588. The summed E-state index contributed by atoms with van der Waals surface area (Å²) in [4.78, 5) is 4.57. The minimum absolute atomic E-state index is 0.0934. The van der Waals surface area contributed by atoms with Crippen LogP contribution in [-0.4, -0.2) is 39.8 Å². The lowest BCUT2D eigenvalue weighted by Gasteiger charge is -2.13. The minimum atomic E-state index is -3.15. The quantitative estimate of drug-likeness (QED) is 0.340. The van der Waals surface area contributed by atoms with Gasteiger partial charge in [-0.15, -0.1) is 0 Å². The van der Waals surface area contributed by atoms with Crippen molar-refractivity contribution in [2.75, 3.05) is 25.4 Å². The molecule has 0 saturated heterocycles. The highest BCUT2D eigenvalue weighted by atomic mass is 32.2. The third-order valence-corrected chi connectivity index (χ3v) is 4.89. The molecule has 6 nitrogen and oxygen atoms in total. The van der Waals surface area contributed by atoms with Gasteiger partial charge in [0, 0.05) is 19.6 Å². The van der Waals surface area contributed by atoms with Gasteiger partial charge in [0.05, 0.1) is 12.3 Å². The molecule has 24 heavy (non-hydrogen) atoms. The van der Waals surface area contributed by atoms with E-state index in [1.165, 1.54) is 5.56 Å². The van der Waals surface area contributed by atoms with E-state index >= 15 is 0 Å². The second-order valence-corrected chi connectivity index (χ2v) is 7.75. The van der Waals surface area contributed by atoms with Gasteiger partial charge >= 0.3 is 0 Å². The summed E-state index contributed by atoms with van der Waals surface area (Å²) in [6.45, 7) is 8.08. The molecule has 0 amide bonds. The number of nitrogens with zero attached hydrogens (tertiary/aromatic N) is 1. The van der Waals surface area contributed by atoms with Crippen LogP contribution in [0.1, 0.15) is 37.8 Å². The van der Waals surface area contributed by atoms with Crippen molar-refractivity contribution in [2.45, 2.75) is 40.2 Å². The van der Waals surface area contributed by atoms with Crippen molar-refractivity contribution in [2.24, 2.45) is 4.99 Å². The normalized spacial score (nSPS) is 12.2. The molecule has 0 aliphatic rings. The number of aryl methyl sites for hydroxylation is 1. The molecule has 1 aromatic carbocycles. The van der Waals surface area contributed by atoms with Gasteiger partial charge in [-0.1, -0.05) is 43.2 Å². The first-order chi connectivity index (χ1) is 11.5. The molecule has 1 aromatic rings. The summed E-state index contributed by atoms with van der Waals surface area (Å²) >= 11 is 0. The van der Waals surface area contributed by atoms with E-state index in [1.54, 1.807) is 6.92 Å². The molecule has 0 spiro atoms. The Bertz CT molecular complexity index is 598. The van der Waals surface area contributed by atoms with Crippen molar-refractivity contribution >= 4 is 16.0 Å². The van der Waals surface area contributed by atoms with Gasteiger partial charge in [0.2, 0.25) is 10.0 Å². The Labute approximate surface area is 146 Å². The van der Waals surface area contributed by atoms with Crippen LogP contribution < -0.4 is 15.4 Å². The Morgan fingerprint density at radius 3 is 2.33 bits per heavy atom. The van der Waals surface area contributed by atoms with Crippen molar-refractivity contribution < 1.29 is 8.42 Å². The van der Waals surface area contributed by atoms with E-state index in [4.69, 9.17) is 0 Å². The zero-order valence-corrected chi connectivity index (χ0v) is 15.7. The van der Waals surface area contributed by atoms with Gasteiger partial charge in [-0.25, -0.2) is 18.1 Å². The summed E-state index contributed by atoms with van der Waals surface area (Å²) in [6.07, 6.45) is 2.17. The Morgan fingerprint density at radius 1 is 1.04 bits per heavy atom. The molecule has 7 heteroatoms. The third kappa shape index (κ3) is 8.88. The molecule has 0 aliphatic carbocycles. The molecule has 0 heterocycles. The SMILES string of the molecule is CCCCNC(=NCc1ccc(C)cc1)NCCNS(=O)(=O)CC. The van der Waals surface area contributed by atoms with Crippen LogP contribution >= 0.6 is 0 Å². The predicted molar refractivity (Wildman–Crippen MR) is 101 cm³/mol. The molecule has 0 aliphatic heterocycles. The summed E-state index contributed by atoms with van der Waals surface area (Å²) < 4.78 is 25.4. The number of unbranched alkanes of at least 4 members (excludes halogenated alkanes) is 1. The molecule has 0 bridgehead atoms. The smallest absolute Gasteiger partial charge is 0.211 e. The summed E-state index contributed by atoms with van der Waals surface area (Å²) in [5.74, 6) is 0.801. The van der Waals surface area contributed by atoms with Gasteiger partial charge in [0.25, 0.3) is 0 Å². The van der Waals surface area contributed by atoms with Gasteiger partial charge in [0.1, 0.15) is 0 Å². The van der Waals surface area contributed by atoms with Gasteiger partial charge in [-0.05, 0) is 25.8 Å². The largest absolute Gasteiger partial charge is 0.356 e. The second-order valence-electron chi connectivity index (χ2n) is 5.66. The van der Waals surface area contributed by atoms with Gasteiger partial charge in [0.15, 0.2) is 5.96 Å². The summed E-state index contributed by atoms with van der Waals surface area (Å²) in [5.41, 5.74) is 2.37. The molecule has 136 valence electrons. The summed E-state index contributed by atoms with van der Waals surface area (Å²) in [7, 11) is -3.15. The fourth-order valence-corrected chi connectivity index (χ4v) is 2.53. The molecule has 0 radical (unpaired) electrons. The monoisotopic (exact) mass is 354 g/mol. The van der Waals surface area contributed by atoms with Gasteiger partial charge < -0.3 is 10.6 Å². The van der Waals surface area contributed by atoms with E-state index in [2.05, 4.69) is 58.5 Å². The Hall–Kier alpha value is -1.60. The lowest BCUT2D eigenvalue weighted by molar-refractivity contribution is 0.581. The average Bonchev–Trinajstić information content (AvgIpc) is 2.57. The van der Waals surface area contributed by atoms with Crippen molar-refractivity contribution in [3.05, 3.63) is 35.4 Å². The van der Waals surface area contributed by atoms with Crippen LogP contribution in [0.3, 0.4) is 0 Å². The molecule has 0 aromatic heterocycles. The number of sulfonamides is 1. The van der Waals surface area contributed by atoms with Crippen LogP contribution in [0.5, 0.6) is 0 Å². The summed E-state index contributed by atoms with van der Waals surface area (Å²) in [5, 5.41) is 6.44. The van der Waals surface area contributed by atoms with Crippen molar-refractivity contribution in [3.8, 4) is 0 Å². The van der Waals surface area contributed by atoms with Crippen LogP contribution in [-0.2, 0) is 16.6 Å². The zero-order chi connectivity index (χ0) is 17.8. The first-order valence-electron chi connectivity index (χ1n) is 8.52. The van der Waals surface area contributed by atoms with Gasteiger partial charge in [-0.3, -0.25) is 0 Å². The number of rotatable bonds is 10. The van der Waals surface area contributed by atoms with E-state index in [0.717, 1.165) is 24.9 Å². The van der Waals surface area contributed by atoms with Crippen LogP contribution in [0.4, 0.5) is 0 Å². The third-order valence-electron chi connectivity index (χ3n) is 3.48. The Balaban J connectivity index is 2.52. The highest BCUT2D eigenvalue weighted by Crippen LogP contribution is 2.04. The molecule has 0 saturated carbocycles. The van der Waals surface area contributed by atoms with E-state index < -0.39 is 10.0 Å². The number of nitrogens with one attached hydrogen (secondary N) is 3. The first-order valence-corrected chi connectivity index (χ1v) is 10.2. The lowest BCUT2D eigenvalue weighted by atomic mass is 10.1. The van der Waals surface area contributed by atoms with Crippen LogP contribution in [0.15, 0.2) is 29.3 Å². The lowest BCUT2D eigenvalue weighted by Crippen LogP contribution is -2.42. The van der Waals surface area contributed by atoms with Crippen LogP contribution in [0, 0.1) is 6.92 Å². The second kappa shape index (κ2) is 11.0. The number of aliphatic imine (C=N–C) groups is 1. The van der Waals surface area contributed by atoms with E-state index in [1.807, 2.05) is 0 Å². The number of hydrogen-bond donors (Lipinski definition) is 3. The zero-order valence-electron chi connectivity index (χ0n) is 14.9. The topological polar surface area (TPSA) is 82.6 Å². The fourth-order valence-electron chi connectivity index (χ4n) is 1.91. The maximum absolute atomic E-state index is 11.4. The van der Waals surface area contributed by atoms with Crippen molar-refractivity contribution in [1.82, 2.24) is 15.4 Å². The van der Waals surface area contributed by atoms with Crippen LogP contribution in [0.2, 0.25) is 0 Å². The maximum atomic E-state index is 11.4. The number of benzene rings is 1. The van der Waals surface area contributed by atoms with Gasteiger partial charge in [-0.2, -0.15) is 0 Å². The van der Waals surface area contributed by atoms with E-state index in [0.29, 0.717) is 25.6 Å². The van der Waals surface area contributed by atoms with Crippen molar-refractivity contribution in [1.29, 1.82) is 0 Å². The molecular weight excluding hydrogens is 324 g/mol. The standard InChI is InChI=1S/C17H30N4O2S/c1-4-6-11-18-17(19-12-13-21-24(22,23)5-2)20-14-16-9-7-15(3)8-10-16/h7-10,21H,4-6,11-14H2,1-3H3,(H2,18,19,20). The predicted octanol–water partition coefficient (Wildman–Crippen LogP) is 1.77. The van der Waals surface area contributed by atoms with Crippen LogP contribution in [0.25, 0.3) is 0 Å². The molecule has 0 atom stereocenters. The Morgan fingerprint density at radius 2 is 1.71 bits per heavy atom.